The lowest BCUT2D eigenvalue weighted by molar-refractivity contribution is -0.127. The summed E-state index contributed by atoms with van der Waals surface area (Å²) >= 11 is 6.58. The number of phenolic OH excluding ortho intramolecular Hbond substituents is 1. The van der Waals surface area contributed by atoms with Crippen molar-refractivity contribution >= 4 is 40.2 Å². The van der Waals surface area contributed by atoms with Gasteiger partial charge >= 0.3 is 0 Å². The summed E-state index contributed by atoms with van der Waals surface area (Å²) in [7, 11) is 3.99. The molecule has 1 N–H and O–H groups in total. The Bertz CT molecular complexity index is 1530. The summed E-state index contributed by atoms with van der Waals surface area (Å²) in [6.07, 6.45) is 0. The molecule has 3 aromatic rings. The van der Waals surface area contributed by atoms with Crippen LogP contribution in [-0.2, 0) is 4.79 Å². The Balaban J connectivity index is 1.67. The van der Waals surface area contributed by atoms with Gasteiger partial charge in [-0.15, -0.1) is 0 Å². The van der Waals surface area contributed by atoms with Gasteiger partial charge in [0.2, 0.25) is 5.95 Å². The summed E-state index contributed by atoms with van der Waals surface area (Å²) in [5, 5.41) is 10.7. The standard InChI is InChI=1S/C29H31ClF2N6O2/c1-6-8-23(40)37-12-17(3)38(13-16(37)2)28-19-11-20(30)24(25-21(31)9-7-10-22(25)39)26(32)27(19)33-29(34-28)36-14-18(15-36)35(4)5/h7,9-11,16-18,39H,12-15H2,1-5H3/t16-,17+/m1/s1. The molecule has 0 aliphatic carbocycles. The maximum atomic E-state index is 16.4. The second-order valence-electron chi connectivity index (χ2n) is 10.6. The first kappa shape index (κ1) is 27.9. The number of aromatic hydroxyl groups is 1. The van der Waals surface area contributed by atoms with Gasteiger partial charge in [0.15, 0.2) is 5.82 Å². The van der Waals surface area contributed by atoms with E-state index in [-0.39, 0.29) is 39.7 Å². The second-order valence-corrected chi connectivity index (χ2v) is 11.0. The molecule has 2 atom stereocenters. The van der Waals surface area contributed by atoms with Crippen LogP contribution in [0.15, 0.2) is 24.3 Å². The number of halogens is 3. The van der Waals surface area contributed by atoms with E-state index in [1.807, 2.05) is 37.7 Å². The zero-order valence-corrected chi connectivity index (χ0v) is 23.8. The number of piperazine rings is 1. The van der Waals surface area contributed by atoms with E-state index in [2.05, 4.69) is 21.7 Å². The zero-order chi connectivity index (χ0) is 28.9. The Kier molecular flexibility index (Phi) is 7.46. The Morgan fingerprint density at radius 1 is 1.10 bits per heavy atom. The number of carbonyl (C=O) groups is 1. The zero-order valence-electron chi connectivity index (χ0n) is 23.0. The lowest BCUT2D eigenvalue weighted by Gasteiger charge is -2.45. The average molecular weight is 569 g/mol. The molecule has 0 saturated carbocycles. The number of nitrogens with zero attached hydrogens (tertiary/aromatic N) is 6. The Morgan fingerprint density at radius 3 is 2.48 bits per heavy atom. The summed E-state index contributed by atoms with van der Waals surface area (Å²) < 4.78 is 31.2. The Hall–Kier alpha value is -3.68. The van der Waals surface area contributed by atoms with Crippen LogP contribution in [0.25, 0.3) is 22.0 Å². The van der Waals surface area contributed by atoms with Crippen LogP contribution in [0.5, 0.6) is 5.75 Å². The highest BCUT2D eigenvalue weighted by molar-refractivity contribution is 6.34. The number of amides is 1. The van der Waals surface area contributed by atoms with Gasteiger partial charge in [0.1, 0.15) is 22.9 Å². The van der Waals surface area contributed by atoms with Crippen molar-refractivity contribution in [3.8, 4) is 28.7 Å². The molecule has 1 aromatic heterocycles. The minimum Gasteiger partial charge on any atom is -0.507 e. The van der Waals surface area contributed by atoms with Crippen LogP contribution in [0.3, 0.4) is 0 Å². The smallest absolute Gasteiger partial charge is 0.298 e. The van der Waals surface area contributed by atoms with Crippen LogP contribution in [0.4, 0.5) is 20.5 Å². The summed E-state index contributed by atoms with van der Waals surface area (Å²) in [5.74, 6) is 3.79. The molecule has 0 unspecified atom stereocenters. The highest BCUT2D eigenvalue weighted by Gasteiger charge is 2.36. The molecule has 2 saturated heterocycles. The fourth-order valence-electron chi connectivity index (χ4n) is 5.35. The maximum Gasteiger partial charge on any atom is 0.298 e. The summed E-state index contributed by atoms with van der Waals surface area (Å²) in [4.78, 5) is 29.9. The number of hydrogen-bond acceptors (Lipinski definition) is 7. The number of hydrogen-bond donors (Lipinski definition) is 1. The number of aromatic nitrogens is 2. The molecule has 2 aliphatic rings. The first-order valence-electron chi connectivity index (χ1n) is 13.1. The van der Waals surface area contributed by atoms with Crippen molar-refractivity contribution in [1.82, 2.24) is 19.8 Å². The molecule has 210 valence electrons. The van der Waals surface area contributed by atoms with Crippen LogP contribution < -0.4 is 9.80 Å². The van der Waals surface area contributed by atoms with Crippen LogP contribution in [0.2, 0.25) is 5.02 Å². The summed E-state index contributed by atoms with van der Waals surface area (Å²) in [6, 6.07) is 5.23. The van der Waals surface area contributed by atoms with Crippen LogP contribution >= 0.6 is 11.6 Å². The van der Waals surface area contributed by atoms with E-state index in [4.69, 9.17) is 16.6 Å². The molecule has 2 aliphatic heterocycles. The quantitative estimate of drug-likeness (QED) is 0.474. The SMILES string of the molecule is CC#CC(=O)N1C[C@H](C)N(c2nc(N3CC(N(C)C)C3)nc3c(F)c(-c4c(O)cccc4F)c(Cl)cc23)C[C@H]1C. The van der Waals surface area contributed by atoms with Crippen LogP contribution in [-0.4, -0.2) is 89.2 Å². The predicted octanol–water partition coefficient (Wildman–Crippen LogP) is 4.13. The third kappa shape index (κ3) is 4.78. The number of anilines is 2. The van der Waals surface area contributed by atoms with Gasteiger partial charge in [-0.3, -0.25) is 4.79 Å². The molecule has 8 nitrogen and oxygen atoms in total. The summed E-state index contributed by atoms with van der Waals surface area (Å²) in [6.45, 7) is 7.69. The largest absolute Gasteiger partial charge is 0.507 e. The van der Waals surface area contributed by atoms with E-state index in [1.54, 1.807) is 11.8 Å². The molecule has 5 rings (SSSR count). The molecule has 11 heteroatoms. The predicted molar refractivity (Wildman–Crippen MR) is 153 cm³/mol. The van der Waals surface area contributed by atoms with Crippen molar-refractivity contribution < 1.29 is 18.7 Å². The minimum absolute atomic E-state index is 0.0226. The Morgan fingerprint density at radius 2 is 1.82 bits per heavy atom. The van der Waals surface area contributed by atoms with Gasteiger partial charge in [0.05, 0.1) is 10.6 Å². The monoisotopic (exact) mass is 568 g/mol. The lowest BCUT2D eigenvalue weighted by Crippen LogP contribution is -2.59. The van der Waals surface area contributed by atoms with E-state index in [1.165, 1.54) is 18.2 Å². The van der Waals surface area contributed by atoms with Gasteiger partial charge in [0.25, 0.3) is 5.91 Å². The molecule has 1 amide bonds. The first-order chi connectivity index (χ1) is 19.0. The Labute approximate surface area is 237 Å². The van der Waals surface area contributed by atoms with Crippen molar-refractivity contribution in [2.45, 2.75) is 38.9 Å². The highest BCUT2D eigenvalue weighted by Crippen LogP contribution is 2.43. The van der Waals surface area contributed by atoms with Gasteiger partial charge in [-0.25, -0.2) is 13.8 Å². The number of carbonyl (C=O) groups excluding carboxylic acids is 1. The van der Waals surface area contributed by atoms with E-state index in [9.17, 15) is 14.3 Å². The maximum absolute atomic E-state index is 16.4. The van der Waals surface area contributed by atoms with Gasteiger partial charge in [-0.05, 0) is 59.0 Å². The topological polar surface area (TPSA) is 76.0 Å². The lowest BCUT2D eigenvalue weighted by atomic mass is 10.00. The van der Waals surface area contributed by atoms with E-state index >= 15 is 4.39 Å². The number of benzene rings is 2. The van der Waals surface area contributed by atoms with Gasteiger partial charge in [0, 0.05) is 55.3 Å². The van der Waals surface area contributed by atoms with Crippen molar-refractivity contribution in [3.63, 3.8) is 0 Å². The number of likely N-dealkylation sites (N-methyl/N-ethyl adjacent to an activating group) is 1. The minimum atomic E-state index is -0.842. The molecule has 0 bridgehead atoms. The van der Waals surface area contributed by atoms with Crippen molar-refractivity contribution in [3.05, 3.63) is 40.9 Å². The van der Waals surface area contributed by atoms with E-state index in [0.717, 1.165) is 6.07 Å². The fraction of sp³-hybridized carbons (Fsp3) is 0.414. The molecule has 40 heavy (non-hydrogen) atoms. The molecule has 2 fully saturated rings. The van der Waals surface area contributed by atoms with E-state index in [0.29, 0.717) is 49.4 Å². The van der Waals surface area contributed by atoms with Gasteiger partial charge in [-0.1, -0.05) is 23.6 Å². The third-order valence-corrected chi connectivity index (χ3v) is 8.02. The number of rotatable bonds is 4. The average Bonchev–Trinajstić information content (AvgIpc) is 2.86. The second kappa shape index (κ2) is 10.7. The van der Waals surface area contributed by atoms with E-state index < -0.39 is 17.4 Å². The highest BCUT2D eigenvalue weighted by atomic mass is 35.5. The third-order valence-electron chi connectivity index (χ3n) is 7.72. The van der Waals surface area contributed by atoms with Gasteiger partial charge in [-0.2, -0.15) is 4.98 Å². The normalized spacial score (nSPS) is 19.6. The molecule has 0 radical (unpaired) electrons. The molecular formula is C29H31ClF2N6O2. The van der Waals surface area contributed by atoms with Crippen molar-refractivity contribution in [2.24, 2.45) is 0 Å². The van der Waals surface area contributed by atoms with Crippen molar-refractivity contribution in [1.29, 1.82) is 0 Å². The van der Waals surface area contributed by atoms with Crippen molar-refractivity contribution in [2.75, 3.05) is 50.1 Å². The molecule has 3 heterocycles. The molecular weight excluding hydrogens is 538 g/mol. The molecule has 0 spiro atoms. The number of fused-ring (bicyclic) bond motifs is 1. The fourth-order valence-corrected chi connectivity index (χ4v) is 5.63. The first-order valence-corrected chi connectivity index (χ1v) is 13.5. The molecule has 2 aromatic carbocycles. The van der Waals surface area contributed by atoms with Crippen LogP contribution in [0.1, 0.15) is 20.8 Å². The van der Waals surface area contributed by atoms with Crippen LogP contribution in [0, 0.1) is 23.5 Å². The number of phenols is 1. The summed E-state index contributed by atoms with van der Waals surface area (Å²) in [5.41, 5.74) is -0.605. The van der Waals surface area contributed by atoms with Gasteiger partial charge < -0.3 is 24.7 Å².